The van der Waals surface area contributed by atoms with E-state index in [1.54, 1.807) is 12.2 Å². The van der Waals surface area contributed by atoms with Crippen LogP contribution in [0, 0.1) is 0 Å². The molecule has 0 aliphatic rings. The molecule has 0 amide bonds. The maximum atomic E-state index is 5.41. The van der Waals surface area contributed by atoms with E-state index >= 15 is 0 Å². The summed E-state index contributed by atoms with van der Waals surface area (Å²) in [5.74, 6) is 0.807. The van der Waals surface area contributed by atoms with Gasteiger partial charge in [0.05, 0.1) is 6.61 Å². The zero-order valence-corrected chi connectivity index (χ0v) is 7.88. The van der Waals surface area contributed by atoms with Crippen molar-refractivity contribution in [3.63, 3.8) is 0 Å². The SMILES string of the molecule is C=CC=C(C=C)OCCCCC. The Hall–Kier alpha value is -0.980. The van der Waals surface area contributed by atoms with Gasteiger partial charge in [0.25, 0.3) is 0 Å². The van der Waals surface area contributed by atoms with E-state index in [-0.39, 0.29) is 0 Å². The largest absolute Gasteiger partial charge is 0.494 e. The van der Waals surface area contributed by atoms with Crippen molar-refractivity contribution in [3.8, 4) is 0 Å². The van der Waals surface area contributed by atoms with Crippen molar-refractivity contribution in [1.29, 1.82) is 0 Å². The summed E-state index contributed by atoms with van der Waals surface area (Å²) < 4.78 is 5.41. The number of unbranched alkanes of at least 4 members (excludes halogenated alkanes) is 2. The van der Waals surface area contributed by atoms with Gasteiger partial charge < -0.3 is 4.74 Å². The molecule has 0 saturated carbocycles. The summed E-state index contributed by atoms with van der Waals surface area (Å²) in [6.45, 7) is 10.2. The molecule has 0 atom stereocenters. The lowest BCUT2D eigenvalue weighted by Gasteiger charge is -2.04. The number of rotatable bonds is 7. The molecule has 0 radical (unpaired) electrons. The maximum absolute atomic E-state index is 5.41. The van der Waals surface area contributed by atoms with E-state index in [9.17, 15) is 0 Å². The molecular formula is C11H18O. The number of ether oxygens (including phenoxy) is 1. The molecule has 0 spiro atoms. The van der Waals surface area contributed by atoms with Gasteiger partial charge in [-0.3, -0.25) is 0 Å². The molecule has 0 aromatic rings. The lowest BCUT2D eigenvalue weighted by Crippen LogP contribution is -1.92. The second-order valence-corrected chi connectivity index (χ2v) is 2.56. The Balaban J connectivity index is 3.51. The van der Waals surface area contributed by atoms with Crippen molar-refractivity contribution in [1.82, 2.24) is 0 Å². The van der Waals surface area contributed by atoms with Gasteiger partial charge in [-0.05, 0) is 18.6 Å². The van der Waals surface area contributed by atoms with Crippen LogP contribution in [0.2, 0.25) is 0 Å². The Labute approximate surface area is 75.4 Å². The first kappa shape index (κ1) is 11.0. The van der Waals surface area contributed by atoms with Crippen molar-refractivity contribution >= 4 is 0 Å². The summed E-state index contributed by atoms with van der Waals surface area (Å²) in [5, 5.41) is 0. The average Bonchev–Trinajstić information content (AvgIpc) is 2.10. The minimum absolute atomic E-state index is 0.777. The summed E-state index contributed by atoms with van der Waals surface area (Å²) >= 11 is 0. The van der Waals surface area contributed by atoms with Crippen LogP contribution in [0.15, 0.2) is 37.1 Å². The van der Waals surface area contributed by atoms with Crippen LogP contribution in [0.1, 0.15) is 26.2 Å². The highest BCUT2D eigenvalue weighted by Gasteiger charge is 1.90. The van der Waals surface area contributed by atoms with Crippen LogP contribution in [0.4, 0.5) is 0 Å². The summed E-state index contributed by atoms with van der Waals surface area (Å²) in [5.41, 5.74) is 0. The molecule has 1 nitrogen and oxygen atoms in total. The Morgan fingerprint density at radius 3 is 2.58 bits per heavy atom. The molecule has 0 bridgehead atoms. The Morgan fingerprint density at radius 2 is 2.08 bits per heavy atom. The second kappa shape index (κ2) is 8.12. The van der Waals surface area contributed by atoms with E-state index in [1.165, 1.54) is 12.8 Å². The molecule has 0 aliphatic carbocycles. The maximum Gasteiger partial charge on any atom is 0.118 e. The summed E-state index contributed by atoms with van der Waals surface area (Å²) in [6.07, 6.45) is 8.78. The van der Waals surface area contributed by atoms with Gasteiger partial charge in [0.1, 0.15) is 5.76 Å². The van der Waals surface area contributed by atoms with Crippen molar-refractivity contribution in [2.75, 3.05) is 6.61 Å². The van der Waals surface area contributed by atoms with E-state index in [2.05, 4.69) is 20.1 Å². The molecule has 0 fully saturated rings. The first-order valence-corrected chi connectivity index (χ1v) is 4.43. The molecule has 0 saturated heterocycles. The van der Waals surface area contributed by atoms with E-state index in [1.807, 2.05) is 6.08 Å². The minimum atomic E-state index is 0.777. The average molecular weight is 166 g/mol. The molecule has 0 aliphatic heterocycles. The van der Waals surface area contributed by atoms with E-state index in [0.29, 0.717) is 0 Å². The lowest BCUT2D eigenvalue weighted by molar-refractivity contribution is 0.218. The van der Waals surface area contributed by atoms with Gasteiger partial charge in [0.15, 0.2) is 0 Å². The number of allylic oxidation sites excluding steroid dienone is 3. The third-order valence-corrected chi connectivity index (χ3v) is 1.50. The third-order valence-electron chi connectivity index (χ3n) is 1.50. The van der Waals surface area contributed by atoms with Crippen molar-refractivity contribution in [3.05, 3.63) is 37.1 Å². The van der Waals surface area contributed by atoms with Gasteiger partial charge in [-0.1, -0.05) is 39.0 Å². The highest BCUT2D eigenvalue weighted by Crippen LogP contribution is 2.02. The minimum Gasteiger partial charge on any atom is -0.494 e. The molecule has 1 heteroatoms. The first-order valence-electron chi connectivity index (χ1n) is 4.43. The van der Waals surface area contributed by atoms with E-state index < -0.39 is 0 Å². The van der Waals surface area contributed by atoms with Crippen LogP contribution in [0.5, 0.6) is 0 Å². The predicted molar refractivity (Wildman–Crippen MR) is 54.0 cm³/mol. The van der Waals surface area contributed by atoms with Gasteiger partial charge in [-0.2, -0.15) is 0 Å². The topological polar surface area (TPSA) is 9.23 Å². The van der Waals surface area contributed by atoms with Crippen LogP contribution >= 0.6 is 0 Å². The number of hydrogen-bond donors (Lipinski definition) is 0. The molecule has 68 valence electrons. The fourth-order valence-corrected chi connectivity index (χ4v) is 0.833. The fourth-order valence-electron chi connectivity index (χ4n) is 0.833. The standard InChI is InChI=1S/C11H18O/c1-4-7-8-10-12-11(6-3)9-5-2/h5-6,9H,2-4,7-8,10H2,1H3. The van der Waals surface area contributed by atoms with Crippen molar-refractivity contribution in [2.45, 2.75) is 26.2 Å². The van der Waals surface area contributed by atoms with Gasteiger partial charge in [0.2, 0.25) is 0 Å². The fraction of sp³-hybridized carbons (Fsp3) is 0.455. The zero-order valence-electron chi connectivity index (χ0n) is 7.88. The van der Waals surface area contributed by atoms with Crippen LogP contribution in [-0.4, -0.2) is 6.61 Å². The van der Waals surface area contributed by atoms with E-state index in [0.717, 1.165) is 18.8 Å². The number of hydrogen-bond acceptors (Lipinski definition) is 1. The summed E-state index contributed by atoms with van der Waals surface area (Å²) in [6, 6.07) is 0. The molecule has 12 heavy (non-hydrogen) atoms. The quantitative estimate of drug-likeness (QED) is 0.320. The van der Waals surface area contributed by atoms with Crippen LogP contribution in [-0.2, 0) is 4.74 Å². The van der Waals surface area contributed by atoms with Gasteiger partial charge in [0, 0.05) is 0 Å². The highest BCUT2D eigenvalue weighted by atomic mass is 16.5. The Morgan fingerprint density at radius 1 is 1.33 bits per heavy atom. The van der Waals surface area contributed by atoms with Crippen LogP contribution < -0.4 is 0 Å². The van der Waals surface area contributed by atoms with Crippen LogP contribution in [0.3, 0.4) is 0 Å². The third kappa shape index (κ3) is 5.78. The second-order valence-electron chi connectivity index (χ2n) is 2.56. The van der Waals surface area contributed by atoms with Crippen LogP contribution in [0.25, 0.3) is 0 Å². The first-order chi connectivity index (χ1) is 5.85. The van der Waals surface area contributed by atoms with Crippen molar-refractivity contribution in [2.24, 2.45) is 0 Å². The zero-order chi connectivity index (χ0) is 9.23. The molecule has 0 rings (SSSR count). The molecule has 0 N–H and O–H groups in total. The molecule has 0 aromatic carbocycles. The van der Waals surface area contributed by atoms with E-state index in [4.69, 9.17) is 4.74 Å². The molecular weight excluding hydrogens is 148 g/mol. The Kier molecular flexibility index (Phi) is 7.46. The molecule has 0 heterocycles. The molecule has 0 aromatic heterocycles. The molecule has 0 unspecified atom stereocenters. The van der Waals surface area contributed by atoms with Gasteiger partial charge in [-0.25, -0.2) is 0 Å². The summed E-state index contributed by atoms with van der Waals surface area (Å²) in [7, 11) is 0. The van der Waals surface area contributed by atoms with Gasteiger partial charge >= 0.3 is 0 Å². The smallest absolute Gasteiger partial charge is 0.118 e. The predicted octanol–water partition coefficient (Wildman–Crippen LogP) is 3.45. The normalized spacial score (nSPS) is 10.9. The monoisotopic (exact) mass is 166 g/mol. The van der Waals surface area contributed by atoms with Gasteiger partial charge in [-0.15, -0.1) is 0 Å². The van der Waals surface area contributed by atoms with Crippen molar-refractivity contribution < 1.29 is 4.74 Å². The summed E-state index contributed by atoms with van der Waals surface area (Å²) in [4.78, 5) is 0. The lowest BCUT2D eigenvalue weighted by atomic mass is 10.3. The Bertz CT molecular complexity index is 156. The highest BCUT2D eigenvalue weighted by molar-refractivity contribution is 5.14.